The molecule has 0 aliphatic heterocycles. The van der Waals surface area contributed by atoms with Gasteiger partial charge in [-0.3, -0.25) is 14.3 Å². The van der Waals surface area contributed by atoms with Crippen LogP contribution < -0.4 is 4.72 Å². The molecule has 1 N–H and O–H groups in total. The first-order chi connectivity index (χ1) is 12.6. The largest absolute Gasteiger partial charge is 0.454 e. The lowest BCUT2D eigenvalue weighted by Crippen LogP contribution is -2.25. The summed E-state index contributed by atoms with van der Waals surface area (Å²) in [5.74, 6) is -1.90. The van der Waals surface area contributed by atoms with Crippen LogP contribution in [0, 0.1) is 5.82 Å². The molecule has 0 aliphatic rings. The molecule has 0 bridgehead atoms. The molecule has 0 saturated carbocycles. The van der Waals surface area contributed by atoms with Crippen molar-refractivity contribution in [3.63, 3.8) is 0 Å². The first-order valence-electron chi connectivity index (χ1n) is 7.81. The molecule has 2 rings (SSSR count). The van der Waals surface area contributed by atoms with Gasteiger partial charge < -0.3 is 4.74 Å². The molecule has 0 aliphatic carbocycles. The summed E-state index contributed by atoms with van der Waals surface area (Å²) in [4.78, 5) is 24.3. The predicted molar refractivity (Wildman–Crippen MR) is 99.9 cm³/mol. The summed E-state index contributed by atoms with van der Waals surface area (Å²) in [5.41, 5.74) is 0.534. The monoisotopic (exact) mass is 413 g/mol. The van der Waals surface area contributed by atoms with Crippen molar-refractivity contribution in [2.45, 2.75) is 19.4 Å². The van der Waals surface area contributed by atoms with Crippen LogP contribution in [0.1, 0.15) is 22.8 Å². The van der Waals surface area contributed by atoms with Crippen molar-refractivity contribution in [3.8, 4) is 0 Å². The number of hydrogen-bond donors (Lipinski definition) is 1. The molecule has 9 heteroatoms. The first-order valence-corrected chi connectivity index (χ1v) is 10.1. The maximum Gasteiger partial charge on any atom is 0.311 e. The molecule has 144 valence electrons. The summed E-state index contributed by atoms with van der Waals surface area (Å²) in [5, 5.41) is 0.0971. The third kappa shape index (κ3) is 6.04. The van der Waals surface area contributed by atoms with Gasteiger partial charge in [0.05, 0.1) is 12.7 Å². The van der Waals surface area contributed by atoms with Crippen molar-refractivity contribution in [3.05, 3.63) is 64.4 Å². The highest BCUT2D eigenvalue weighted by Gasteiger charge is 2.21. The number of carbonyl (C=O) groups excluding carboxylic acids is 2. The zero-order valence-electron chi connectivity index (χ0n) is 14.5. The van der Waals surface area contributed by atoms with E-state index in [2.05, 4.69) is 4.72 Å². The highest BCUT2D eigenvalue weighted by molar-refractivity contribution is 7.92. The molecule has 27 heavy (non-hydrogen) atoms. The lowest BCUT2D eigenvalue weighted by molar-refractivity contribution is -0.145. The molecule has 0 saturated heterocycles. The molecule has 0 unspecified atom stereocenters. The van der Waals surface area contributed by atoms with E-state index < -0.39 is 40.1 Å². The van der Waals surface area contributed by atoms with Crippen molar-refractivity contribution in [2.24, 2.45) is 0 Å². The van der Waals surface area contributed by atoms with Crippen molar-refractivity contribution >= 4 is 39.1 Å². The van der Waals surface area contributed by atoms with Gasteiger partial charge in [-0.1, -0.05) is 17.7 Å². The summed E-state index contributed by atoms with van der Waals surface area (Å²) in [6.07, 6.45) is -0.493. The Hall–Kier alpha value is -2.45. The minimum absolute atomic E-state index is 0.0000166. The molecule has 0 fully saturated rings. The van der Waals surface area contributed by atoms with Crippen LogP contribution >= 0.6 is 11.6 Å². The van der Waals surface area contributed by atoms with Crippen molar-refractivity contribution in [2.75, 3.05) is 11.0 Å². The number of halogens is 2. The summed E-state index contributed by atoms with van der Waals surface area (Å²) in [6, 6.07) is 9.70. The average molecular weight is 414 g/mol. The first kappa shape index (κ1) is 20.9. The third-order valence-electron chi connectivity index (χ3n) is 3.53. The summed E-state index contributed by atoms with van der Waals surface area (Å²) in [7, 11) is -3.43. The SMILES string of the molecule is C[C@H](OC(=O)Cc1c(F)cccc1Cl)C(=O)c1ccc(NS(C)(=O)=O)cc1. The van der Waals surface area contributed by atoms with Crippen LogP contribution in [0.15, 0.2) is 42.5 Å². The average Bonchev–Trinajstić information content (AvgIpc) is 2.57. The Morgan fingerprint density at radius 2 is 1.81 bits per heavy atom. The van der Waals surface area contributed by atoms with Gasteiger partial charge in [-0.25, -0.2) is 12.8 Å². The zero-order chi connectivity index (χ0) is 20.2. The van der Waals surface area contributed by atoms with Gasteiger partial charge in [0.25, 0.3) is 0 Å². The van der Waals surface area contributed by atoms with Gasteiger partial charge >= 0.3 is 5.97 Å². The van der Waals surface area contributed by atoms with E-state index in [-0.39, 0.29) is 16.1 Å². The molecular weight excluding hydrogens is 397 g/mol. The summed E-state index contributed by atoms with van der Waals surface area (Å²) >= 11 is 5.87. The maximum atomic E-state index is 13.7. The lowest BCUT2D eigenvalue weighted by atomic mass is 10.1. The van der Waals surface area contributed by atoms with Crippen LogP contribution in [-0.4, -0.2) is 32.5 Å². The van der Waals surface area contributed by atoms with E-state index in [0.29, 0.717) is 5.69 Å². The summed E-state index contributed by atoms with van der Waals surface area (Å²) in [6.45, 7) is 1.39. The fourth-order valence-corrected chi connectivity index (χ4v) is 3.08. The number of sulfonamides is 1. The Balaban J connectivity index is 2.01. The number of nitrogens with one attached hydrogen (secondary N) is 1. The quantitative estimate of drug-likeness (QED) is 0.556. The number of hydrogen-bond acceptors (Lipinski definition) is 5. The molecular formula is C18H17ClFNO5S. The minimum atomic E-state index is -3.43. The molecule has 2 aromatic carbocycles. The number of benzene rings is 2. The molecule has 0 radical (unpaired) electrons. The molecule has 0 amide bonds. The second-order valence-electron chi connectivity index (χ2n) is 5.82. The van der Waals surface area contributed by atoms with Gasteiger partial charge in [0.15, 0.2) is 6.10 Å². The predicted octanol–water partition coefficient (Wildman–Crippen LogP) is 3.21. The molecule has 0 aromatic heterocycles. The van der Waals surface area contributed by atoms with Gasteiger partial charge in [0.2, 0.25) is 15.8 Å². The second kappa shape index (κ2) is 8.49. The van der Waals surface area contributed by atoms with Crippen LogP contribution in [0.25, 0.3) is 0 Å². The third-order valence-corrected chi connectivity index (χ3v) is 4.49. The zero-order valence-corrected chi connectivity index (χ0v) is 16.1. The fraction of sp³-hybridized carbons (Fsp3) is 0.222. The second-order valence-corrected chi connectivity index (χ2v) is 7.98. The van der Waals surface area contributed by atoms with E-state index in [4.69, 9.17) is 16.3 Å². The smallest absolute Gasteiger partial charge is 0.311 e. The van der Waals surface area contributed by atoms with Gasteiger partial charge in [-0.15, -0.1) is 0 Å². The molecule has 2 aromatic rings. The van der Waals surface area contributed by atoms with Crippen LogP contribution in [0.3, 0.4) is 0 Å². The van der Waals surface area contributed by atoms with Crippen molar-refractivity contribution in [1.29, 1.82) is 0 Å². The number of carbonyl (C=O) groups is 2. The van der Waals surface area contributed by atoms with Crippen LogP contribution in [0.4, 0.5) is 10.1 Å². The van der Waals surface area contributed by atoms with E-state index in [0.717, 1.165) is 6.26 Å². The van der Waals surface area contributed by atoms with Crippen LogP contribution in [0.2, 0.25) is 5.02 Å². The molecule has 1 atom stereocenters. The Kier molecular flexibility index (Phi) is 6.56. The van der Waals surface area contributed by atoms with Gasteiger partial charge in [-0.05, 0) is 43.3 Å². The molecule has 0 spiro atoms. The highest BCUT2D eigenvalue weighted by Crippen LogP contribution is 2.20. The van der Waals surface area contributed by atoms with Gasteiger partial charge in [0, 0.05) is 21.8 Å². The number of ether oxygens (including phenoxy) is 1. The summed E-state index contributed by atoms with van der Waals surface area (Å²) < 4.78 is 43.4. The standard InChI is InChI=1S/C18H17ClFNO5S/c1-11(26-17(22)10-14-15(19)4-3-5-16(14)20)18(23)12-6-8-13(9-7-12)21-27(2,24)25/h3-9,11,21H,10H2,1-2H3/t11-/m0/s1. The van der Waals surface area contributed by atoms with Crippen LogP contribution in [-0.2, 0) is 26.0 Å². The topological polar surface area (TPSA) is 89.5 Å². The van der Waals surface area contributed by atoms with E-state index in [9.17, 15) is 22.4 Å². The molecule has 6 nitrogen and oxygen atoms in total. The van der Waals surface area contributed by atoms with E-state index >= 15 is 0 Å². The highest BCUT2D eigenvalue weighted by atomic mass is 35.5. The maximum absolute atomic E-state index is 13.7. The number of esters is 1. The Morgan fingerprint density at radius 1 is 1.19 bits per heavy atom. The van der Waals surface area contributed by atoms with E-state index in [1.165, 1.54) is 49.4 Å². The lowest BCUT2D eigenvalue weighted by Gasteiger charge is -2.13. The van der Waals surface area contributed by atoms with E-state index in [1.807, 2.05) is 0 Å². The van der Waals surface area contributed by atoms with Gasteiger partial charge in [0.1, 0.15) is 5.82 Å². The van der Waals surface area contributed by atoms with Crippen molar-refractivity contribution < 1.29 is 27.1 Å². The van der Waals surface area contributed by atoms with Crippen molar-refractivity contribution in [1.82, 2.24) is 0 Å². The Bertz CT molecular complexity index is 940. The number of anilines is 1. The van der Waals surface area contributed by atoms with E-state index in [1.54, 1.807) is 0 Å². The Labute approximate surface area is 161 Å². The van der Waals surface area contributed by atoms with Gasteiger partial charge in [-0.2, -0.15) is 0 Å². The number of rotatable bonds is 7. The number of ketones is 1. The fourth-order valence-electron chi connectivity index (χ4n) is 2.29. The number of Topliss-reactive ketones (excluding diaryl/α,β-unsaturated/α-hetero) is 1. The van der Waals surface area contributed by atoms with Crippen LogP contribution in [0.5, 0.6) is 0 Å². The normalized spacial score (nSPS) is 12.3. The Morgan fingerprint density at radius 3 is 2.37 bits per heavy atom. The minimum Gasteiger partial charge on any atom is -0.454 e. The molecule has 0 heterocycles.